The third kappa shape index (κ3) is 25.3. The maximum absolute atomic E-state index is 14.4. The SMILES string of the molecule is CO[C@@H]1/C=C/C=C(\C)Cc2cc(C)c(Cl)c(c2)N(C)C(=O)C[C@H](OC(=O)[C@H](C)N(C)C(=O)CCCCCNC(=O)OCc2ccc(NC(=O)[C@H](C)CC(=O)[C@@H](NC(=O)CCOCCCC(=O)c3ccc(C(=O)C(CS(=O)(=O)c4ccc(C)cc4)CS(=O)(=O)c4ccc(C)cc4)cc3)C(C)C)cc2)[C@]2(C)OC2[C@@H](C)C2C[C@@]1(O)NC(=O)O2. The number of methoxy groups -OCH3 is 1. The fourth-order valence-electron chi connectivity index (χ4n) is 14.0. The number of alkyl carbamates (subject to hydrolysis) is 2. The minimum atomic E-state index is -4.11. The van der Waals surface area contributed by atoms with Crippen molar-refractivity contribution in [1.29, 1.82) is 0 Å². The fraction of sp³-hybridized carbons (Fsp3) is 0.488. The lowest BCUT2D eigenvalue weighted by molar-refractivity contribution is -0.162. The molecule has 0 aromatic heterocycles. The van der Waals surface area contributed by atoms with E-state index < -0.39 is 138 Å². The Bertz CT molecular complexity index is 4600. The molecule has 0 radical (unpaired) electrons. The van der Waals surface area contributed by atoms with E-state index in [1.807, 2.05) is 32.1 Å². The molecular formula is C86H109ClN6O21S2. The summed E-state index contributed by atoms with van der Waals surface area (Å²) in [5, 5.41) is 23.0. The number of nitrogens with one attached hydrogen (secondary N) is 4. The Labute approximate surface area is 684 Å². The van der Waals surface area contributed by atoms with E-state index in [4.69, 9.17) is 40.0 Å². The van der Waals surface area contributed by atoms with E-state index in [0.717, 1.165) is 27.8 Å². The molecule has 0 saturated carbocycles. The number of carbonyl (C=O) groups excluding carboxylic acids is 10. The molecule has 8 rings (SSSR count). The van der Waals surface area contributed by atoms with Gasteiger partial charge >= 0.3 is 18.2 Å². The van der Waals surface area contributed by atoms with Crippen LogP contribution in [0.1, 0.15) is 161 Å². The molecule has 6 amide bonds. The second kappa shape index (κ2) is 41.1. The zero-order valence-electron chi connectivity index (χ0n) is 68.1. The third-order valence-electron chi connectivity index (χ3n) is 21.4. The van der Waals surface area contributed by atoms with E-state index in [2.05, 4.69) is 21.3 Å². The van der Waals surface area contributed by atoms with Gasteiger partial charge in [-0.1, -0.05) is 147 Å². The van der Waals surface area contributed by atoms with Gasteiger partial charge in [-0.25, -0.2) is 31.2 Å². The summed E-state index contributed by atoms with van der Waals surface area (Å²) >= 11 is 6.86. The molecular weight excluding hydrogens is 1550 g/mol. The summed E-state index contributed by atoms with van der Waals surface area (Å²) < 4.78 is 89.3. The number of carbonyl (C=O) groups is 10. The Balaban J connectivity index is 0.714. The fourth-order valence-corrected chi connectivity index (χ4v) is 17.4. The Morgan fingerprint density at radius 3 is 2.02 bits per heavy atom. The number of hydrogen-bond donors (Lipinski definition) is 5. The van der Waals surface area contributed by atoms with E-state index >= 15 is 0 Å². The van der Waals surface area contributed by atoms with E-state index in [0.29, 0.717) is 47.6 Å². The van der Waals surface area contributed by atoms with Gasteiger partial charge in [0, 0.05) is 95.1 Å². The number of ketones is 3. The van der Waals surface area contributed by atoms with Gasteiger partial charge in [-0.15, -0.1) is 0 Å². The van der Waals surface area contributed by atoms with Crippen molar-refractivity contribution in [3.05, 3.63) is 177 Å². The predicted octanol–water partition coefficient (Wildman–Crippen LogP) is 11.4. The Hall–Kier alpha value is -9.49. The number of nitrogens with zero attached hydrogens (tertiary/aromatic N) is 2. The Morgan fingerprint density at radius 1 is 0.784 bits per heavy atom. The van der Waals surface area contributed by atoms with Crippen LogP contribution in [0.4, 0.5) is 21.0 Å². The first-order valence-electron chi connectivity index (χ1n) is 39.0. The number of fused-ring (bicyclic) bond motifs is 5. The van der Waals surface area contributed by atoms with Crippen molar-refractivity contribution < 1.29 is 98.3 Å². The number of unbranched alkanes of at least 4 members (excludes halogenated alkanes) is 2. The maximum Gasteiger partial charge on any atom is 0.409 e. The van der Waals surface area contributed by atoms with Crippen molar-refractivity contribution in [3.8, 4) is 0 Å². The van der Waals surface area contributed by atoms with Crippen LogP contribution in [0.5, 0.6) is 0 Å². The van der Waals surface area contributed by atoms with Gasteiger partial charge in [0.05, 0.1) is 63.1 Å². The van der Waals surface area contributed by atoms with Crippen molar-refractivity contribution in [2.45, 2.75) is 204 Å². The summed E-state index contributed by atoms with van der Waals surface area (Å²) in [6.45, 7) is 17.7. The number of rotatable bonds is 35. The molecule has 3 heterocycles. The van der Waals surface area contributed by atoms with Crippen molar-refractivity contribution in [2.24, 2.45) is 23.7 Å². The number of sulfone groups is 2. The van der Waals surface area contributed by atoms with Gasteiger partial charge in [-0.3, -0.25) is 38.9 Å². The second-order valence-corrected chi connectivity index (χ2v) is 35.5. The van der Waals surface area contributed by atoms with Crippen LogP contribution in [-0.4, -0.2) is 186 Å². The normalized spacial score (nSPS) is 21.3. The smallest absolute Gasteiger partial charge is 0.409 e. The minimum absolute atomic E-state index is 0.0118. The van der Waals surface area contributed by atoms with Crippen molar-refractivity contribution >= 4 is 102 Å². The Kier molecular flexibility index (Phi) is 32.6. The van der Waals surface area contributed by atoms with Gasteiger partial charge in [-0.05, 0) is 132 Å². The van der Waals surface area contributed by atoms with Gasteiger partial charge in [0.15, 0.2) is 42.7 Å². The number of epoxide rings is 1. The maximum atomic E-state index is 14.4. The van der Waals surface area contributed by atoms with Crippen molar-refractivity contribution in [3.63, 3.8) is 0 Å². The summed E-state index contributed by atoms with van der Waals surface area (Å²) in [4.78, 5) is 138. The molecule has 4 bridgehead atoms. The number of benzene rings is 5. The monoisotopic (exact) mass is 1660 g/mol. The summed E-state index contributed by atoms with van der Waals surface area (Å²) in [6.07, 6.45) is 1.49. The third-order valence-corrected chi connectivity index (χ3v) is 25.5. The summed E-state index contributed by atoms with van der Waals surface area (Å²) in [5.41, 5.74) is 2.79. The molecule has 628 valence electrons. The average molecular weight is 1660 g/mol. The number of allylic oxidation sites excluding steroid dienone is 3. The highest BCUT2D eigenvalue weighted by Gasteiger charge is 2.64. The molecule has 10 atom stereocenters. The van der Waals surface area contributed by atoms with E-state index in [9.17, 15) is 69.9 Å². The molecule has 2 fully saturated rings. The molecule has 3 aliphatic heterocycles. The first-order valence-corrected chi connectivity index (χ1v) is 42.6. The van der Waals surface area contributed by atoms with Crippen LogP contribution >= 0.6 is 11.6 Å². The lowest BCUT2D eigenvalue weighted by Crippen LogP contribution is -2.63. The standard InChI is InChI=1S/C86H109ClN6O21S2/c1-52(2)78(90-74(96)39-42-110-41-18-20-69(94)62-29-31-63(32-30-62)79(99)64(50-115(105,106)66-35-23-53(3)24-36-66)51-116(107,108)67-37-25-54(4)26-38-67)70(95)45-57(7)81(100)89-65-33-27-60(28-34-65)49-111-83(102)88-40-16-14-15-22-75(97)92(11)59(9)82(101)113-73-47-76(98)93(12)68-46-61(44-56(6)77(68)87)43-55(5)19-17-21-72(109-13)86(104)48-71(112-84(103)91-86)58(8)80-85(73,10)114-80/h17,19,21,23-38,44,46,52,57-59,64,71-73,78,80,104H,14-16,18,20,22,39-43,45,47-51H2,1-13H3,(H,88,102)(H,89,100)(H,90,96)(H,91,103)/b21-17+,55-19+/t57-,58+,59+,71?,72-,73+,78+,80?,85+,86+/m1/s1. The van der Waals surface area contributed by atoms with E-state index in [-0.39, 0.29) is 116 Å². The van der Waals surface area contributed by atoms with Gasteiger partial charge in [0.2, 0.25) is 23.6 Å². The molecule has 3 aliphatic rings. The Morgan fingerprint density at radius 2 is 1.41 bits per heavy atom. The van der Waals surface area contributed by atoms with Crippen LogP contribution < -0.4 is 26.2 Å². The molecule has 2 saturated heterocycles. The average Bonchev–Trinajstić information content (AvgIpc) is 1.57. The largest absolute Gasteiger partial charge is 0.457 e. The molecule has 5 N–H and O–H groups in total. The summed E-state index contributed by atoms with van der Waals surface area (Å²) in [7, 11) is -3.74. The molecule has 116 heavy (non-hydrogen) atoms. The molecule has 5 aromatic carbocycles. The number of Topliss-reactive ketones (excluding diaryl/α,β-unsaturated/α-hetero) is 3. The van der Waals surface area contributed by atoms with Crippen molar-refractivity contribution in [2.75, 3.05) is 62.7 Å². The molecule has 2 unspecified atom stereocenters. The number of halogens is 1. The summed E-state index contributed by atoms with van der Waals surface area (Å²) in [6, 6.07) is 26.0. The number of hydrogen-bond acceptors (Lipinski definition) is 21. The van der Waals surface area contributed by atoms with Crippen LogP contribution in [0.2, 0.25) is 5.02 Å². The van der Waals surface area contributed by atoms with Gasteiger partial charge in [-0.2, -0.15) is 0 Å². The molecule has 30 heteroatoms. The second-order valence-electron chi connectivity index (χ2n) is 31.1. The first kappa shape index (κ1) is 92.0. The van der Waals surface area contributed by atoms with Crippen LogP contribution in [-0.2, 0) is 89.9 Å². The van der Waals surface area contributed by atoms with E-state index in [1.165, 1.54) is 79.4 Å². The zero-order chi connectivity index (χ0) is 85.1. The lowest BCUT2D eigenvalue weighted by atomic mass is 9.83. The lowest BCUT2D eigenvalue weighted by Gasteiger charge is -2.42. The minimum Gasteiger partial charge on any atom is -0.457 e. The highest BCUT2D eigenvalue weighted by molar-refractivity contribution is 7.92. The molecule has 0 spiro atoms. The van der Waals surface area contributed by atoms with Crippen LogP contribution in [0.15, 0.2) is 143 Å². The van der Waals surface area contributed by atoms with Gasteiger partial charge in [0.25, 0.3) is 0 Å². The first-order chi connectivity index (χ1) is 54.7. The topological polar surface area (TPSA) is 372 Å². The number of amides is 6. The predicted molar refractivity (Wildman–Crippen MR) is 436 cm³/mol. The van der Waals surface area contributed by atoms with Crippen LogP contribution in [0.3, 0.4) is 0 Å². The number of anilines is 2. The number of ether oxygens (including phenoxy) is 6. The quantitative estimate of drug-likeness (QED) is 0.00827. The molecule has 27 nitrogen and oxygen atoms in total. The highest BCUT2D eigenvalue weighted by Crippen LogP contribution is 2.49. The van der Waals surface area contributed by atoms with Gasteiger partial charge < -0.3 is 59.3 Å². The van der Waals surface area contributed by atoms with Gasteiger partial charge in [0.1, 0.15) is 36.6 Å². The highest BCUT2D eigenvalue weighted by atomic mass is 35.5. The molecule has 5 aromatic rings. The number of aliphatic hydroxyl groups is 1. The number of aryl methyl sites for hydroxylation is 3. The molecule has 0 aliphatic carbocycles. The summed E-state index contributed by atoms with van der Waals surface area (Å²) in [5.74, 6) is -8.50. The number of esters is 1. The van der Waals surface area contributed by atoms with Crippen LogP contribution in [0, 0.1) is 44.4 Å². The van der Waals surface area contributed by atoms with Crippen LogP contribution in [0.25, 0.3) is 0 Å². The van der Waals surface area contributed by atoms with E-state index in [1.54, 1.807) is 116 Å². The van der Waals surface area contributed by atoms with Crippen molar-refractivity contribution in [1.82, 2.24) is 20.9 Å². The number of likely N-dealkylation sites (N-methyl/N-ethyl adjacent to an activating group) is 1. The zero-order valence-corrected chi connectivity index (χ0v) is 70.5.